The summed E-state index contributed by atoms with van der Waals surface area (Å²) in [4.78, 5) is 0. The zero-order chi connectivity index (χ0) is 18.4. The highest BCUT2D eigenvalue weighted by Gasteiger charge is 2.43. The van der Waals surface area contributed by atoms with E-state index in [1.165, 1.54) is 6.42 Å². The van der Waals surface area contributed by atoms with Gasteiger partial charge in [-0.25, -0.2) is 0 Å². The van der Waals surface area contributed by atoms with Crippen LogP contribution in [0.25, 0.3) is 0 Å². The minimum Gasteiger partial charge on any atom is -0.496 e. The molecule has 1 aliphatic heterocycles. The summed E-state index contributed by atoms with van der Waals surface area (Å²) in [5, 5.41) is 11.4. The van der Waals surface area contributed by atoms with Crippen LogP contribution in [0.1, 0.15) is 77.0 Å². The molecule has 1 aromatic rings. The van der Waals surface area contributed by atoms with Crippen molar-refractivity contribution in [3.8, 4) is 17.2 Å². The topological polar surface area (TPSA) is 47.9 Å². The summed E-state index contributed by atoms with van der Waals surface area (Å²) in [7, 11) is 1.68. The lowest BCUT2D eigenvalue weighted by Crippen LogP contribution is -2.38. The number of ether oxygens (including phenoxy) is 3. The molecule has 4 nitrogen and oxygen atoms in total. The highest BCUT2D eigenvalue weighted by atomic mass is 16.7. The molecular weight excluding hydrogens is 316 g/mol. The highest BCUT2D eigenvalue weighted by Crippen LogP contribution is 2.54. The SMILES string of the molecule is COc1c(C(O)C2C(C)CCCC2(C)C)cc2c(c1C(C)C)OCO2. The monoisotopic (exact) mass is 348 g/mol. The van der Waals surface area contributed by atoms with E-state index in [4.69, 9.17) is 14.2 Å². The van der Waals surface area contributed by atoms with Gasteiger partial charge in [-0.1, -0.05) is 47.5 Å². The van der Waals surface area contributed by atoms with Gasteiger partial charge in [-0.2, -0.15) is 0 Å². The second-order valence-electron chi connectivity index (χ2n) is 8.63. The van der Waals surface area contributed by atoms with Crippen LogP contribution in [0.3, 0.4) is 0 Å². The molecule has 1 saturated carbocycles. The lowest BCUT2D eigenvalue weighted by atomic mass is 9.61. The van der Waals surface area contributed by atoms with Gasteiger partial charge in [0.05, 0.1) is 13.2 Å². The Hall–Kier alpha value is -1.42. The molecule has 1 aromatic carbocycles. The lowest BCUT2D eigenvalue weighted by molar-refractivity contribution is -0.0303. The standard InChI is InChI=1S/C21H32O4/c1-12(2)16-19(23-6)14(10-15-20(16)25-11-24-15)18(22)17-13(3)8-7-9-21(17,4)5/h10,12-13,17-18,22H,7-9,11H2,1-6H3. The Balaban J connectivity index is 2.11. The minimum atomic E-state index is -0.577. The van der Waals surface area contributed by atoms with Gasteiger partial charge in [-0.05, 0) is 35.7 Å². The maximum atomic E-state index is 11.4. The van der Waals surface area contributed by atoms with Crippen molar-refractivity contribution < 1.29 is 19.3 Å². The number of fused-ring (bicyclic) bond motifs is 1. The lowest BCUT2D eigenvalue weighted by Gasteiger charge is -2.45. The Labute approximate surface area is 151 Å². The van der Waals surface area contributed by atoms with E-state index in [1.54, 1.807) is 7.11 Å². The molecule has 25 heavy (non-hydrogen) atoms. The van der Waals surface area contributed by atoms with Crippen molar-refractivity contribution in [2.24, 2.45) is 17.3 Å². The largest absolute Gasteiger partial charge is 0.496 e. The average molecular weight is 348 g/mol. The maximum absolute atomic E-state index is 11.4. The molecule has 3 rings (SSSR count). The summed E-state index contributed by atoms with van der Waals surface area (Å²) < 4.78 is 17.1. The van der Waals surface area contributed by atoms with E-state index in [1.807, 2.05) is 6.07 Å². The van der Waals surface area contributed by atoms with Gasteiger partial charge in [0, 0.05) is 11.1 Å². The molecule has 0 saturated heterocycles. The fourth-order valence-electron chi connectivity index (χ4n) is 4.97. The molecule has 4 heteroatoms. The number of aliphatic hydroxyl groups is 1. The average Bonchev–Trinajstić information content (AvgIpc) is 2.99. The predicted octanol–water partition coefficient (Wildman–Crippen LogP) is 5.04. The molecule has 3 atom stereocenters. The van der Waals surface area contributed by atoms with Crippen molar-refractivity contribution in [3.05, 3.63) is 17.2 Å². The molecule has 1 aliphatic carbocycles. The van der Waals surface area contributed by atoms with Crippen LogP contribution in [0.4, 0.5) is 0 Å². The van der Waals surface area contributed by atoms with Crippen molar-refractivity contribution in [1.82, 2.24) is 0 Å². The Morgan fingerprint density at radius 2 is 2.00 bits per heavy atom. The van der Waals surface area contributed by atoms with Crippen molar-refractivity contribution in [1.29, 1.82) is 0 Å². The van der Waals surface area contributed by atoms with E-state index >= 15 is 0 Å². The van der Waals surface area contributed by atoms with Crippen LogP contribution < -0.4 is 14.2 Å². The Morgan fingerprint density at radius 3 is 2.60 bits per heavy atom. The molecule has 1 fully saturated rings. The van der Waals surface area contributed by atoms with Crippen molar-refractivity contribution in [2.45, 2.75) is 65.9 Å². The van der Waals surface area contributed by atoms with E-state index in [2.05, 4.69) is 34.6 Å². The van der Waals surface area contributed by atoms with Crippen LogP contribution in [0, 0.1) is 17.3 Å². The first-order valence-electron chi connectivity index (χ1n) is 9.46. The molecule has 0 aromatic heterocycles. The third-order valence-corrected chi connectivity index (χ3v) is 6.12. The first-order chi connectivity index (χ1) is 11.8. The Bertz CT molecular complexity index is 635. The predicted molar refractivity (Wildman–Crippen MR) is 98.5 cm³/mol. The maximum Gasteiger partial charge on any atom is 0.231 e. The van der Waals surface area contributed by atoms with Crippen LogP contribution in [0.2, 0.25) is 0 Å². The third-order valence-electron chi connectivity index (χ3n) is 6.12. The zero-order valence-corrected chi connectivity index (χ0v) is 16.4. The van der Waals surface area contributed by atoms with Gasteiger partial charge in [-0.15, -0.1) is 0 Å². The minimum absolute atomic E-state index is 0.0937. The zero-order valence-electron chi connectivity index (χ0n) is 16.4. The van der Waals surface area contributed by atoms with E-state index in [0.29, 0.717) is 5.92 Å². The highest BCUT2D eigenvalue weighted by molar-refractivity contribution is 5.61. The van der Waals surface area contributed by atoms with Crippen molar-refractivity contribution in [3.63, 3.8) is 0 Å². The molecule has 0 bridgehead atoms. The molecule has 0 amide bonds. The van der Waals surface area contributed by atoms with E-state index in [-0.39, 0.29) is 24.0 Å². The van der Waals surface area contributed by atoms with Gasteiger partial charge in [0.15, 0.2) is 11.5 Å². The van der Waals surface area contributed by atoms with E-state index in [9.17, 15) is 5.11 Å². The van der Waals surface area contributed by atoms with Crippen molar-refractivity contribution >= 4 is 0 Å². The number of hydrogen-bond acceptors (Lipinski definition) is 4. The van der Waals surface area contributed by atoms with Gasteiger partial charge in [0.25, 0.3) is 0 Å². The number of aliphatic hydroxyl groups excluding tert-OH is 1. The van der Waals surface area contributed by atoms with Crippen LogP contribution in [0.5, 0.6) is 17.2 Å². The summed E-state index contributed by atoms with van der Waals surface area (Å²) in [5.41, 5.74) is 1.92. The van der Waals surface area contributed by atoms with Crippen LogP contribution >= 0.6 is 0 Å². The molecule has 0 spiro atoms. The molecule has 3 unspecified atom stereocenters. The second kappa shape index (κ2) is 6.71. The van der Waals surface area contributed by atoms with Crippen LogP contribution in [-0.4, -0.2) is 19.0 Å². The third kappa shape index (κ3) is 3.10. The Kier molecular flexibility index (Phi) is 4.93. The summed E-state index contributed by atoms with van der Waals surface area (Å²) in [5.74, 6) is 3.11. The van der Waals surface area contributed by atoms with Crippen LogP contribution in [-0.2, 0) is 0 Å². The number of methoxy groups -OCH3 is 1. The normalized spacial score (nSPS) is 25.9. The fraction of sp³-hybridized carbons (Fsp3) is 0.714. The first-order valence-corrected chi connectivity index (χ1v) is 9.46. The molecule has 2 aliphatic rings. The summed E-state index contributed by atoms with van der Waals surface area (Å²) >= 11 is 0. The van der Waals surface area contributed by atoms with Crippen molar-refractivity contribution in [2.75, 3.05) is 13.9 Å². The quantitative estimate of drug-likeness (QED) is 0.828. The molecule has 140 valence electrons. The first kappa shape index (κ1) is 18.4. The summed E-state index contributed by atoms with van der Waals surface area (Å²) in [6, 6.07) is 1.93. The van der Waals surface area contributed by atoms with E-state index in [0.717, 1.165) is 41.2 Å². The molecule has 1 heterocycles. The van der Waals surface area contributed by atoms with E-state index < -0.39 is 6.10 Å². The number of rotatable bonds is 4. The molecular formula is C21H32O4. The van der Waals surface area contributed by atoms with Gasteiger partial charge >= 0.3 is 0 Å². The van der Waals surface area contributed by atoms with Gasteiger partial charge in [-0.3, -0.25) is 0 Å². The summed E-state index contributed by atoms with van der Waals surface area (Å²) in [6.07, 6.45) is 2.96. The number of hydrogen-bond donors (Lipinski definition) is 1. The Morgan fingerprint density at radius 1 is 1.28 bits per heavy atom. The second-order valence-corrected chi connectivity index (χ2v) is 8.63. The molecule has 0 radical (unpaired) electrons. The van der Waals surface area contributed by atoms with Gasteiger partial charge < -0.3 is 19.3 Å². The van der Waals surface area contributed by atoms with Gasteiger partial charge in [0.2, 0.25) is 6.79 Å². The molecule has 1 N–H and O–H groups in total. The fourth-order valence-corrected chi connectivity index (χ4v) is 4.97. The smallest absolute Gasteiger partial charge is 0.231 e. The van der Waals surface area contributed by atoms with Crippen LogP contribution in [0.15, 0.2) is 6.07 Å². The number of benzene rings is 1. The summed E-state index contributed by atoms with van der Waals surface area (Å²) in [6.45, 7) is 11.3. The van der Waals surface area contributed by atoms with Gasteiger partial charge in [0.1, 0.15) is 5.75 Å².